The average molecular weight is 210 g/mol. The number of benzene rings is 1. The number of carbonyl (C=O) groups is 1. The lowest BCUT2D eigenvalue weighted by molar-refractivity contribution is 0.102. The number of hydrogen-bond acceptors (Lipinski definition) is 3. The number of carbonyl (C=O) groups excluding carboxylic acids is 1. The highest BCUT2D eigenvalue weighted by molar-refractivity contribution is 6.31. The van der Waals surface area contributed by atoms with Crippen molar-refractivity contribution in [2.75, 3.05) is 5.88 Å². The van der Waals surface area contributed by atoms with E-state index in [-0.39, 0.29) is 28.5 Å². The fraction of sp³-hybridized carbons (Fsp3) is 0.200. The van der Waals surface area contributed by atoms with Crippen LogP contribution in [0, 0.1) is 18.3 Å². The van der Waals surface area contributed by atoms with Gasteiger partial charge in [0.05, 0.1) is 5.88 Å². The maximum absolute atomic E-state index is 11.4. The minimum atomic E-state index is -0.350. The molecule has 0 spiro atoms. The number of rotatable bonds is 2. The molecule has 14 heavy (non-hydrogen) atoms. The number of aryl methyl sites for hydroxylation is 1. The minimum absolute atomic E-state index is 0.00403. The summed E-state index contributed by atoms with van der Waals surface area (Å²) in [5.41, 5.74) is 0.850. The van der Waals surface area contributed by atoms with E-state index < -0.39 is 0 Å². The van der Waals surface area contributed by atoms with Crippen LogP contribution in [0.2, 0.25) is 0 Å². The fourth-order valence-corrected chi connectivity index (χ4v) is 1.37. The van der Waals surface area contributed by atoms with Gasteiger partial charge in [-0.15, -0.1) is 11.6 Å². The third-order valence-electron chi connectivity index (χ3n) is 1.90. The molecule has 0 saturated carbocycles. The summed E-state index contributed by atoms with van der Waals surface area (Å²) in [6, 6.07) is 4.76. The zero-order valence-electron chi connectivity index (χ0n) is 7.54. The van der Waals surface area contributed by atoms with Gasteiger partial charge in [0.25, 0.3) is 0 Å². The molecule has 4 heteroatoms. The molecule has 1 rings (SSSR count). The Morgan fingerprint density at radius 3 is 2.79 bits per heavy atom. The number of nitrogens with zero attached hydrogens (tertiary/aromatic N) is 1. The summed E-state index contributed by atoms with van der Waals surface area (Å²) in [7, 11) is 0. The molecular weight excluding hydrogens is 202 g/mol. The van der Waals surface area contributed by atoms with E-state index >= 15 is 0 Å². The number of hydrogen-bond donors (Lipinski definition) is 1. The first-order valence-electron chi connectivity index (χ1n) is 3.93. The highest BCUT2D eigenvalue weighted by Gasteiger charge is 2.16. The van der Waals surface area contributed by atoms with Gasteiger partial charge in [0.1, 0.15) is 17.4 Å². The van der Waals surface area contributed by atoms with Gasteiger partial charge in [0.2, 0.25) is 0 Å². The molecule has 0 heterocycles. The molecule has 0 amide bonds. The molecule has 1 aromatic carbocycles. The number of Topliss-reactive ketones (excluding diaryl/α,β-unsaturated/α-hetero) is 1. The minimum Gasteiger partial charge on any atom is -0.507 e. The number of alkyl halides is 1. The molecular formula is C10H8ClNO2. The predicted octanol–water partition coefficient (Wildman–Crippen LogP) is 1.99. The first-order valence-corrected chi connectivity index (χ1v) is 4.47. The van der Waals surface area contributed by atoms with Crippen molar-refractivity contribution in [1.82, 2.24) is 0 Å². The van der Waals surface area contributed by atoms with E-state index in [4.69, 9.17) is 16.9 Å². The molecule has 3 nitrogen and oxygen atoms in total. The standard InChI is InChI=1S/C10H8ClNO2/c1-6-2-3-8(13)7(5-12)10(6)9(14)4-11/h2-3,13H,4H2,1H3. The summed E-state index contributed by atoms with van der Waals surface area (Å²) < 4.78 is 0. The van der Waals surface area contributed by atoms with Crippen molar-refractivity contribution in [3.05, 3.63) is 28.8 Å². The molecule has 0 aliphatic rings. The van der Waals surface area contributed by atoms with Crippen molar-refractivity contribution in [3.8, 4) is 11.8 Å². The van der Waals surface area contributed by atoms with Crippen LogP contribution in [0.3, 0.4) is 0 Å². The molecule has 0 unspecified atom stereocenters. The molecule has 0 aliphatic carbocycles. The van der Waals surface area contributed by atoms with Gasteiger partial charge in [-0.1, -0.05) is 6.07 Å². The lowest BCUT2D eigenvalue weighted by Crippen LogP contribution is -2.06. The molecule has 0 bridgehead atoms. The quantitative estimate of drug-likeness (QED) is 0.599. The third kappa shape index (κ3) is 1.70. The molecule has 1 N–H and O–H groups in total. The van der Waals surface area contributed by atoms with Crippen molar-refractivity contribution in [1.29, 1.82) is 5.26 Å². The largest absolute Gasteiger partial charge is 0.507 e. The van der Waals surface area contributed by atoms with E-state index in [1.54, 1.807) is 19.1 Å². The van der Waals surface area contributed by atoms with Gasteiger partial charge in [0, 0.05) is 5.56 Å². The van der Waals surface area contributed by atoms with Crippen LogP contribution < -0.4 is 0 Å². The number of ketones is 1. The fourth-order valence-electron chi connectivity index (χ4n) is 1.24. The van der Waals surface area contributed by atoms with Crippen LogP contribution in [0.15, 0.2) is 12.1 Å². The molecule has 0 aromatic heterocycles. The van der Waals surface area contributed by atoms with Crippen LogP contribution in [0.4, 0.5) is 0 Å². The molecule has 0 saturated heterocycles. The highest BCUT2D eigenvalue weighted by Crippen LogP contribution is 2.24. The number of phenols is 1. The summed E-state index contributed by atoms with van der Waals surface area (Å²) >= 11 is 5.40. The Kier molecular flexibility index (Phi) is 3.10. The zero-order valence-corrected chi connectivity index (χ0v) is 8.30. The number of phenolic OH excluding ortho intramolecular Hbond substituents is 1. The van der Waals surface area contributed by atoms with Crippen LogP contribution in [0.1, 0.15) is 21.5 Å². The van der Waals surface area contributed by atoms with Crippen molar-refractivity contribution in [2.24, 2.45) is 0 Å². The van der Waals surface area contributed by atoms with E-state index in [0.717, 1.165) is 0 Å². The van der Waals surface area contributed by atoms with Gasteiger partial charge in [-0.25, -0.2) is 0 Å². The second kappa shape index (κ2) is 4.12. The summed E-state index contributed by atoms with van der Waals surface area (Å²) in [5.74, 6) is -0.734. The monoisotopic (exact) mass is 209 g/mol. The maximum Gasteiger partial charge on any atom is 0.179 e. The lowest BCUT2D eigenvalue weighted by atomic mass is 9.99. The Bertz CT molecular complexity index is 421. The average Bonchev–Trinajstić information content (AvgIpc) is 2.19. The normalized spacial score (nSPS) is 9.50. The van der Waals surface area contributed by atoms with Crippen molar-refractivity contribution in [3.63, 3.8) is 0 Å². The van der Waals surface area contributed by atoms with Crippen LogP contribution >= 0.6 is 11.6 Å². The van der Waals surface area contributed by atoms with Crippen molar-refractivity contribution < 1.29 is 9.90 Å². The van der Waals surface area contributed by atoms with Gasteiger partial charge >= 0.3 is 0 Å². The van der Waals surface area contributed by atoms with E-state index in [1.165, 1.54) is 6.07 Å². The van der Waals surface area contributed by atoms with Crippen LogP contribution in [0.5, 0.6) is 5.75 Å². The van der Waals surface area contributed by atoms with Gasteiger partial charge in [-0.05, 0) is 18.6 Å². The molecule has 0 fully saturated rings. The SMILES string of the molecule is Cc1ccc(O)c(C#N)c1C(=O)CCl. The molecule has 72 valence electrons. The summed E-state index contributed by atoms with van der Waals surface area (Å²) in [5, 5.41) is 18.1. The Morgan fingerprint density at radius 1 is 1.64 bits per heavy atom. The maximum atomic E-state index is 11.4. The van der Waals surface area contributed by atoms with E-state index in [0.29, 0.717) is 5.56 Å². The van der Waals surface area contributed by atoms with Crippen molar-refractivity contribution >= 4 is 17.4 Å². The first kappa shape index (κ1) is 10.6. The van der Waals surface area contributed by atoms with Gasteiger partial charge in [-0.2, -0.15) is 5.26 Å². The zero-order chi connectivity index (χ0) is 10.7. The highest BCUT2D eigenvalue weighted by atomic mass is 35.5. The van der Waals surface area contributed by atoms with E-state index in [9.17, 15) is 9.90 Å². The molecule has 1 aromatic rings. The second-order valence-electron chi connectivity index (χ2n) is 2.82. The summed E-state index contributed by atoms with van der Waals surface area (Å²) in [6.45, 7) is 1.69. The predicted molar refractivity (Wildman–Crippen MR) is 52.6 cm³/mol. The van der Waals surface area contributed by atoms with Gasteiger partial charge in [0.15, 0.2) is 5.78 Å². The van der Waals surface area contributed by atoms with Gasteiger partial charge in [-0.3, -0.25) is 4.79 Å². The van der Waals surface area contributed by atoms with Crippen LogP contribution in [-0.2, 0) is 0 Å². The lowest BCUT2D eigenvalue weighted by Gasteiger charge is -2.06. The Hall–Kier alpha value is -1.53. The summed E-state index contributed by atoms with van der Waals surface area (Å²) in [6.07, 6.45) is 0. The second-order valence-corrected chi connectivity index (χ2v) is 3.09. The smallest absolute Gasteiger partial charge is 0.179 e. The molecule has 0 radical (unpaired) electrons. The Morgan fingerprint density at radius 2 is 2.29 bits per heavy atom. The Labute approximate surface area is 86.5 Å². The van der Waals surface area contributed by atoms with E-state index in [2.05, 4.69) is 0 Å². The van der Waals surface area contributed by atoms with E-state index in [1.807, 2.05) is 0 Å². The van der Waals surface area contributed by atoms with Crippen LogP contribution in [0.25, 0.3) is 0 Å². The third-order valence-corrected chi connectivity index (χ3v) is 2.15. The van der Waals surface area contributed by atoms with Crippen molar-refractivity contribution in [2.45, 2.75) is 6.92 Å². The number of nitriles is 1. The van der Waals surface area contributed by atoms with Crippen LogP contribution in [-0.4, -0.2) is 16.8 Å². The molecule has 0 aliphatic heterocycles. The Balaban J connectivity index is 3.47. The topological polar surface area (TPSA) is 61.1 Å². The molecule has 0 atom stereocenters. The number of halogens is 1. The summed E-state index contributed by atoms with van der Waals surface area (Å²) in [4.78, 5) is 11.4. The van der Waals surface area contributed by atoms with Gasteiger partial charge < -0.3 is 5.11 Å². The number of aromatic hydroxyl groups is 1. The first-order chi connectivity index (χ1) is 6.61.